The number of hydrogen-bond acceptors (Lipinski definition) is 3. The fourth-order valence-corrected chi connectivity index (χ4v) is 2.42. The number of nitrogens with zero attached hydrogens (tertiary/aromatic N) is 1. The predicted molar refractivity (Wildman–Crippen MR) is 82.7 cm³/mol. The highest BCUT2D eigenvalue weighted by atomic mass is 35.5. The molecule has 0 bridgehead atoms. The summed E-state index contributed by atoms with van der Waals surface area (Å²) in [6.07, 6.45) is 3.54. The number of carbonyl (C=O) groups excluding carboxylic acids is 2. The van der Waals surface area contributed by atoms with Crippen LogP contribution in [0.1, 0.15) is 39.5 Å². The topological polar surface area (TPSA) is 75.4 Å². The summed E-state index contributed by atoms with van der Waals surface area (Å²) in [6.45, 7) is 6.51. The number of likely N-dealkylation sites (tertiary alicyclic amines) is 1. The number of carbonyl (C=O) groups is 2. The van der Waals surface area contributed by atoms with Gasteiger partial charge in [-0.25, -0.2) is 0 Å². The van der Waals surface area contributed by atoms with Crippen molar-refractivity contribution in [3.8, 4) is 0 Å². The Morgan fingerprint density at radius 1 is 1.45 bits per heavy atom. The van der Waals surface area contributed by atoms with Gasteiger partial charge in [0.05, 0.1) is 0 Å². The molecule has 118 valence electrons. The summed E-state index contributed by atoms with van der Waals surface area (Å²) in [6, 6.07) is 0. The van der Waals surface area contributed by atoms with E-state index in [0.717, 1.165) is 32.4 Å². The first-order valence-corrected chi connectivity index (χ1v) is 7.34. The van der Waals surface area contributed by atoms with Gasteiger partial charge in [-0.2, -0.15) is 0 Å². The summed E-state index contributed by atoms with van der Waals surface area (Å²) in [4.78, 5) is 25.4. The second-order valence-electron chi connectivity index (χ2n) is 5.48. The number of piperidine rings is 1. The first-order chi connectivity index (χ1) is 9.08. The normalized spacial score (nSPS) is 19.9. The lowest BCUT2D eigenvalue weighted by atomic mass is 9.96. The predicted octanol–water partition coefficient (Wildman–Crippen LogP) is 1.16. The molecule has 1 aliphatic heterocycles. The lowest BCUT2D eigenvalue weighted by Gasteiger charge is -2.34. The van der Waals surface area contributed by atoms with Crippen LogP contribution in [0.2, 0.25) is 0 Å². The molecule has 2 atom stereocenters. The SMILES string of the molecule is CCCC(=O)NCC1CCCN(C(=O)C(C)CN)C1.Cl. The van der Waals surface area contributed by atoms with E-state index < -0.39 is 0 Å². The summed E-state index contributed by atoms with van der Waals surface area (Å²) in [7, 11) is 0. The molecule has 1 heterocycles. The van der Waals surface area contributed by atoms with Gasteiger partial charge in [0.25, 0.3) is 0 Å². The highest BCUT2D eigenvalue weighted by Crippen LogP contribution is 2.17. The van der Waals surface area contributed by atoms with E-state index in [0.29, 0.717) is 25.4 Å². The molecular formula is C14H28ClN3O2. The molecule has 0 radical (unpaired) electrons. The van der Waals surface area contributed by atoms with E-state index in [2.05, 4.69) is 5.32 Å². The monoisotopic (exact) mass is 305 g/mol. The summed E-state index contributed by atoms with van der Waals surface area (Å²) in [5, 5.41) is 2.95. The van der Waals surface area contributed by atoms with Crippen LogP contribution in [0.25, 0.3) is 0 Å². The van der Waals surface area contributed by atoms with Crippen LogP contribution in [0, 0.1) is 11.8 Å². The van der Waals surface area contributed by atoms with Gasteiger partial charge in [0.2, 0.25) is 11.8 Å². The minimum Gasteiger partial charge on any atom is -0.356 e. The Balaban J connectivity index is 0.00000361. The third-order valence-electron chi connectivity index (χ3n) is 3.67. The highest BCUT2D eigenvalue weighted by molar-refractivity contribution is 5.85. The molecular weight excluding hydrogens is 278 g/mol. The maximum absolute atomic E-state index is 12.1. The Morgan fingerprint density at radius 3 is 2.75 bits per heavy atom. The Morgan fingerprint density at radius 2 is 2.15 bits per heavy atom. The molecule has 20 heavy (non-hydrogen) atoms. The number of hydrogen-bond donors (Lipinski definition) is 2. The van der Waals surface area contributed by atoms with Gasteiger partial charge in [-0.05, 0) is 25.2 Å². The molecule has 1 saturated heterocycles. The second kappa shape index (κ2) is 10.00. The van der Waals surface area contributed by atoms with E-state index in [1.807, 2.05) is 18.7 Å². The Labute approximate surface area is 128 Å². The molecule has 0 aromatic rings. The number of halogens is 1. The molecule has 0 aromatic heterocycles. The van der Waals surface area contributed by atoms with Crippen molar-refractivity contribution in [3.63, 3.8) is 0 Å². The Hall–Kier alpha value is -0.810. The zero-order chi connectivity index (χ0) is 14.3. The molecule has 5 nitrogen and oxygen atoms in total. The van der Waals surface area contributed by atoms with Crippen LogP contribution >= 0.6 is 12.4 Å². The molecule has 0 aromatic carbocycles. The van der Waals surface area contributed by atoms with Crippen molar-refractivity contribution in [1.82, 2.24) is 10.2 Å². The maximum atomic E-state index is 12.1. The average Bonchev–Trinajstić information content (AvgIpc) is 2.44. The summed E-state index contributed by atoms with van der Waals surface area (Å²) < 4.78 is 0. The van der Waals surface area contributed by atoms with Crippen LogP contribution in [-0.4, -0.2) is 42.9 Å². The molecule has 3 N–H and O–H groups in total. The molecule has 0 spiro atoms. The smallest absolute Gasteiger partial charge is 0.226 e. The van der Waals surface area contributed by atoms with Crippen molar-refractivity contribution in [2.75, 3.05) is 26.2 Å². The largest absolute Gasteiger partial charge is 0.356 e. The van der Waals surface area contributed by atoms with Crippen molar-refractivity contribution in [2.24, 2.45) is 17.6 Å². The van der Waals surface area contributed by atoms with Gasteiger partial charge in [-0.1, -0.05) is 13.8 Å². The zero-order valence-corrected chi connectivity index (χ0v) is 13.4. The zero-order valence-electron chi connectivity index (χ0n) is 12.6. The van der Waals surface area contributed by atoms with E-state index in [4.69, 9.17) is 5.73 Å². The number of nitrogens with two attached hydrogens (primary N) is 1. The van der Waals surface area contributed by atoms with E-state index in [1.165, 1.54) is 0 Å². The molecule has 1 fully saturated rings. The minimum absolute atomic E-state index is 0. The number of nitrogens with one attached hydrogen (secondary N) is 1. The van der Waals surface area contributed by atoms with Crippen LogP contribution < -0.4 is 11.1 Å². The van der Waals surface area contributed by atoms with Gasteiger partial charge in [0, 0.05) is 38.5 Å². The average molecular weight is 306 g/mol. The van der Waals surface area contributed by atoms with Crippen molar-refractivity contribution in [3.05, 3.63) is 0 Å². The van der Waals surface area contributed by atoms with E-state index in [-0.39, 0.29) is 30.1 Å². The van der Waals surface area contributed by atoms with Gasteiger partial charge in [0.1, 0.15) is 0 Å². The molecule has 1 rings (SSSR count). The van der Waals surface area contributed by atoms with Gasteiger partial charge in [-0.3, -0.25) is 9.59 Å². The lowest BCUT2D eigenvalue weighted by molar-refractivity contribution is -0.136. The van der Waals surface area contributed by atoms with Crippen LogP contribution in [0.3, 0.4) is 0 Å². The summed E-state index contributed by atoms with van der Waals surface area (Å²) in [5.74, 6) is 0.533. The third kappa shape index (κ3) is 6.09. The molecule has 2 amide bonds. The summed E-state index contributed by atoms with van der Waals surface area (Å²) in [5.41, 5.74) is 5.54. The van der Waals surface area contributed by atoms with Crippen LogP contribution in [0.4, 0.5) is 0 Å². The third-order valence-corrected chi connectivity index (χ3v) is 3.67. The maximum Gasteiger partial charge on any atom is 0.226 e. The summed E-state index contributed by atoms with van der Waals surface area (Å²) >= 11 is 0. The van der Waals surface area contributed by atoms with Crippen LogP contribution in [-0.2, 0) is 9.59 Å². The van der Waals surface area contributed by atoms with Crippen LogP contribution in [0.5, 0.6) is 0 Å². The van der Waals surface area contributed by atoms with E-state index in [1.54, 1.807) is 0 Å². The lowest BCUT2D eigenvalue weighted by Crippen LogP contribution is -2.46. The Kier molecular flexibility index (Phi) is 9.59. The Bertz CT molecular complexity index is 313. The van der Waals surface area contributed by atoms with E-state index >= 15 is 0 Å². The van der Waals surface area contributed by atoms with Gasteiger partial charge in [-0.15, -0.1) is 12.4 Å². The van der Waals surface area contributed by atoms with Crippen molar-refractivity contribution in [1.29, 1.82) is 0 Å². The van der Waals surface area contributed by atoms with Crippen LogP contribution in [0.15, 0.2) is 0 Å². The van der Waals surface area contributed by atoms with E-state index in [9.17, 15) is 9.59 Å². The van der Waals surface area contributed by atoms with Gasteiger partial charge >= 0.3 is 0 Å². The minimum atomic E-state index is -0.103. The first-order valence-electron chi connectivity index (χ1n) is 7.34. The molecule has 1 aliphatic rings. The highest BCUT2D eigenvalue weighted by Gasteiger charge is 2.26. The molecule has 2 unspecified atom stereocenters. The van der Waals surface area contributed by atoms with Gasteiger partial charge < -0.3 is 16.0 Å². The number of rotatable bonds is 6. The molecule has 6 heteroatoms. The number of amides is 2. The van der Waals surface area contributed by atoms with Crippen molar-refractivity contribution in [2.45, 2.75) is 39.5 Å². The first kappa shape index (κ1) is 19.2. The molecule has 0 saturated carbocycles. The fraction of sp³-hybridized carbons (Fsp3) is 0.857. The van der Waals surface area contributed by atoms with Gasteiger partial charge in [0.15, 0.2) is 0 Å². The standard InChI is InChI=1S/C14H27N3O2.ClH/c1-3-5-13(18)16-9-12-6-4-7-17(10-12)14(19)11(2)8-15;/h11-12H,3-10,15H2,1-2H3,(H,16,18);1H. The quantitative estimate of drug-likeness (QED) is 0.773. The van der Waals surface area contributed by atoms with Crippen molar-refractivity contribution >= 4 is 24.2 Å². The second-order valence-corrected chi connectivity index (χ2v) is 5.48. The van der Waals surface area contributed by atoms with Crippen molar-refractivity contribution < 1.29 is 9.59 Å². The molecule has 0 aliphatic carbocycles. The fourth-order valence-electron chi connectivity index (χ4n) is 2.42.